The maximum atomic E-state index is 13.1. The fraction of sp³-hybridized carbons (Fsp3) is 0.457. The number of hydrogen-bond donors (Lipinski definition) is 1. The Morgan fingerprint density at radius 3 is 2.17 bits per heavy atom. The number of benzene rings is 2. The summed E-state index contributed by atoms with van der Waals surface area (Å²) >= 11 is 0. The van der Waals surface area contributed by atoms with Gasteiger partial charge < -0.3 is 14.6 Å². The third kappa shape index (κ3) is 5.93. The van der Waals surface area contributed by atoms with Gasteiger partial charge in [-0.2, -0.15) is 0 Å². The van der Waals surface area contributed by atoms with E-state index in [1.807, 2.05) is 49.4 Å². The molecular weight excluding hydrogens is 526 g/mol. The second-order valence-corrected chi connectivity index (χ2v) is 12.5. The van der Waals surface area contributed by atoms with Crippen LogP contribution in [0.3, 0.4) is 0 Å². The Kier molecular flexibility index (Phi) is 8.29. The predicted octanol–water partition coefficient (Wildman–Crippen LogP) is 6.48. The molecule has 1 aromatic heterocycles. The summed E-state index contributed by atoms with van der Waals surface area (Å²) in [6, 6.07) is 17.3. The van der Waals surface area contributed by atoms with E-state index in [1.165, 1.54) is 29.7 Å². The Balaban J connectivity index is 1.00. The van der Waals surface area contributed by atoms with Crippen LogP contribution in [-0.4, -0.2) is 59.7 Å². The first-order valence-electron chi connectivity index (χ1n) is 15.6. The van der Waals surface area contributed by atoms with Gasteiger partial charge in [0.1, 0.15) is 0 Å². The van der Waals surface area contributed by atoms with Crippen LogP contribution < -0.4 is 5.32 Å². The molecule has 2 aliphatic heterocycles. The molecule has 1 N–H and O–H groups in total. The summed E-state index contributed by atoms with van der Waals surface area (Å²) in [5.74, 6) is -0.0700. The number of carbonyl (C=O) groups excluding carboxylic acids is 3. The minimum Gasteiger partial charge on any atom is -0.459 e. The molecule has 3 amide bonds. The highest BCUT2D eigenvalue weighted by Gasteiger charge is 2.38. The minimum absolute atomic E-state index is 0.127. The van der Waals surface area contributed by atoms with Gasteiger partial charge in [0.15, 0.2) is 5.76 Å². The monoisotopic (exact) mass is 567 g/mol. The first-order valence-corrected chi connectivity index (χ1v) is 15.6. The highest BCUT2D eigenvalue weighted by Crippen LogP contribution is 2.43. The number of furan rings is 1. The fourth-order valence-electron chi connectivity index (χ4n) is 7.11. The van der Waals surface area contributed by atoms with Gasteiger partial charge in [0.2, 0.25) is 0 Å². The Morgan fingerprint density at radius 1 is 0.857 bits per heavy atom. The van der Waals surface area contributed by atoms with Crippen molar-refractivity contribution in [3.63, 3.8) is 0 Å². The van der Waals surface area contributed by atoms with Crippen LogP contribution in [0.25, 0.3) is 11.1 Å². The number of nitrogens with one attached hydrogen (secondary N) is 1. The van der Waals surface area contributed by atoms with Crippen molar-refractivity contribution in [1.82, 2.24) is 15.1 Å². The second kappa shape index (κ2) is 12.3. The predicted molar refractivity (Wildman–Crippen MR) is 162 cm³/mol. The van der Waals surface area contributed by atoms with Gasteiger partial charge in [0.25, 0.3) is 17.7 Å². The zero-order valence-corrected chi connectivity index (χ0v) is 24.6. The summed E-state index contributed by atoms with van der Waals surface area (Å²) in [6.45, 7) is 5.45. The van der Waals surface area contributed by atoms with Crippen molar-refractivity contribution < 1.29 is 18.8 Å². The third-order valence-corrected chi connectivity index (χ3v) is 9.77. The first kappa shape index (κ1) is 28.4. The third-order valence-electron chi connectivity index (χ3n) is 9.77. The van der Waals surface area contributed by atoms with Gasteiger partial charge in [-0.3, -0.25) is 19.3 Å². The van der Waals surface area contributed by atoms with Crippen molar-refractivity contribution >= 4 is 17.7 Å². The normalized spacial score (nSPS) is 19.2. The average Bonchev–Trinajstić information content (AvgIpc) is 3.60. The van der Waals surface area contributed by atoms with Crippen LogP contribution in [0.1, 0.15) is 94.6 Å². The van der Waals surface area contributed by atoms with E-state index in [2.05, 4.69) is 10.2 Å². The van der Waals surface area contributed by atoms with E-state index in [1.54, 1.807) is 18.4 Å². The van der Waals surface area contributed by atoms with E-state index in [0.29, 0.717) is 23.4 Å². The van der Waals surface area contributed by atoms with Gasteiger partial charge in [-0.25, -0.2) is 0 Å². The molecule has 7 heteroatoms. The lowest BCUT2D eigenvalue weighted by molar-refractivity contribution is 0.0587. The molecule has 0 radical (unpaired) electrons. The topological polar surface area (TPSA) is 82.9 Å². The zero-order chi connectivity index (χ0) is 29.1. The zero-order valence-electron chi connectivity index (χ0n) is 24.6. The number of hydrogen-bond acceptors (Lipinski definition) is 5. The maximum absolute atomic E-state index is 13.1. The fourth-order valence-corrected chi connectivity index (χ4v) is 7.11. The van der Waals surface area contributed by atoms with Crippen LogP contribution in [0.15, 0.2) is 65.3 Å². The molecule has 42 heavy (non-hydrogen) atoms. The molecule has 220 valence electrons. The number of amides is 3. The molecule has 1 saturated carbocycles. The van der Waals surface area contributed by atoms with Crippen molar-refractivity contribution in [2.45, 2.75) is 70.8 Å². The number of aryl methyl sites for hydroxylation is 1. The Labute approximate surface area is 248 Å². The molecule has 1 saturated heterocycles. The van der Waals surface area contributed by atoms with Gasteiger partial charge in [0, 0.05) is 31.2 Å². The van der Waals surface area contributed by atoms with Crippen molar-refractivity contribution in [1.29, 1.82) is 0 Å². The number of rotatable bonds is 9. The van der Waals surface area contributed by atoms with Crippen LogP contribution in [0.4, 0.5) is 0 Å². The quantitative estimate of drug-likeness (QED) is 0.300. The molecule has 3 aliphatic rings. The van der Waals surface area contributed by atoms with E-state index in [9.17, 15) is 14.4 Å². The number of imide groups is 1. The van der Waals surface area contributed by atoms with Crippen LogP contribution >= 0.6 is 0 Å². The van der Waals surface area contributed by atoms with E-state index in [0.717, 1.165) is 69.3 Å². The molecule has 0 spiro atoms. The largest absolute Gasteiger partial charge is 0.459 e. The van der Waals surface area contributed by atoms with Gasteiger partial charge >= 0.3 is 0 Å². The maximum Gasteiger partial charge on any atom is 0.287 e. The van der Waals surface area contributed by atoms with E-state index < -0.39 is 0 Å². The number of likely N-dealkylation sites (tertiary alicyclic amines) is 1. The number of fused-ring (bicyclic) bond motifs is 1. The Morgan fingerprint density at radius 2 is 1.50 bits per heavy atom. The Bertz CT molecular complexity index is 1390. The van der Waals surface area contributed by atoms with Crippen LogP contribution in [0, 0.1) is 12.3 Å². The van der Waals surface area contributed by atoms with Crippen molar-refractivity contribution in [3.8, 4) is 11.1 Å². The lowest BCUT2D eigenvalue weighted by Gasteiger charge is -2.41. The number of carbonyl (C=O) groups is 3. The molecule has 0 bridgehead atoms. The molecule has 0 unspecified atom stereocenters. The molecule has 6 rings (SSSR count). The molecule has 3 heterocycles. The van der Waals surface area contributed by atoms with E-state index >= 15 is 0 Å². The SMILES string of the molecule is Cc1ccc(-c2ccoc2C(=O)NC2CCN(CCC3(CCN4C(=O)c5ccccc5C4=O)CCCCC3)CC2)cc1. The van der Waals surface area contributed by atoms with Crippen molar-refractivity contribution in [2.24, 2.45) is 5.41 Å². The molecule has 0 atom stereocenters. The van der Waals surface area contributed by atoms with Crippen molar-refractivity contribution in [2.75, 3.05) is 26.2 Å². The summed E-state index contributed by atoms with van der Waals surface area (Å²) in [5.41, 5.74) is 4.22. The van der Waals surface area contributed by atoms with Crippen LogP contribution in [0.5, 0.6) is 0 Å². The summed E-state index contributed by atoms with van der Waals surface area (Å²) in [7, 11) is 0. The van der Waals surface area contributed by atoms with Crippen LogP contribution in [-0.2, 0) is 0 Å². The number of piperidine rings is 1. The van der Waals surface area contributed by atoms with Crippen molar-refractivity contribution in [3.05, 3.63) is 83.3 Å². The molecular formula is C35H41N3O4. The molecule has 3 aromatic rings. The minimum atomic E-state index is -0.150. The summed E-state index contributed by atoms with van der Waals surface area (Å²) in [6.07, 6.45) is 11.4. The molecule has 7 nitrogen and oxygen atoms in total. The smallest absolute Gasteiger partial charge is 0.287 e. The highest BCUT2D eigenvalue weighted by molar-refractivity contribution is 6.21. The molecule has 2 aromatic carbocycles. The van der Waals surface area contributed by atoms with E-state index in [4.69, 9.17) is 4.42 Å². The summed E-state index contributed by atoms with van der Waals surface area (Å²) < 4.78 is 5.61. The lowest BCUT2D eigenvalue weighted by Crippen LogP contribution is -2.45. The first-order chi connectivity index (χ1) is 20.4. The highest BCUT2D eigenvalue weighted by atomic mass is 16.3. The Hall–Kier alpha value is -3.71. The van der Waals surface area contributed by atoms with Gasteiger partial charge in [-0.1, -0.05) is 61.2 Å². The van der Waals surface area contributed by atoms with Gasteiger partial charge in [-0.15, -0.1) is 0 Å². The summed E-state index contributed by atoms with van der Waals surface area (Å²) in [4.78, 5) is 43.0. The van der Waals surface area contributed by atoms with Gasteiger partial charge in [-0.05, 0) is 81.2 Å². The summed E-state index contributed by atoms with van der Waals surface area (Å²) in [5, 5.41) is 3.21. The number of nitrogens with zero attached hydrogens (tertiary/aromatic N) is 2. The van der Waals surface area contributed by atoms with Crippen LogP contribution in [0.2, 0.25) is 0 Å². The van der Waals surface area contributed by atoms with Gasteiger partial charge in [0.05, 0.1) is 17.4 Å². The van der Waals surface area contributed by atoms with E-state index in [-0.39, 0.29) is 29.2 Å². The molecule has 2 fully saturated rings. The second-order valence-electron chi connectivity index (χ2n) is 12.5. The standard InChI is InChI=1S/C35H41N3O4/c1-25-9-11-26(12-10-25)28-15-24-42-31(28)32(39)36-27-13-20-37(21-14-27)22-18-35(16-5-2-6-17-35)19-23-38-33(40)29-7-3-4-8-30(29)34(38)41/h3-4,7-12,15,24,27H,2,5-6,13-14,16-23H2,1H3,(H,36,39). The average molecular weight is 568 g/mol. The molecule has 1 aliphatic carbocycles. The lowest BCUT2D eigenvalue weighted by atomic mass is 9.69.